The predicted octanol–water partition coefficient (Wildman–Crippen LogP) is 2.49. The van der Waals surface area contributed by atoms with Crippen LogP contribution >= 0.6 is 11.6 Å². The molecule has 1 fully saturated rings. The van der Waals surface area contributed by atoms with Crippen molar-refractivity contribution in [1.82, 2.24) is 4.90 Å². The summed E-state index contributed by atoms with van der Waals surface area (Å²) < 4.78 is 10.8. The average Bonchev–Trinajstić information content (AvgIpc) is 2.46. The first-order valence-electron chi connectivity index (χ1n) is 6.83. The van der Waals surface area contributed by atoms with Gasteiger partial charge in [-0.1, -0.05) is 29.8 Å². The molecule has 1 aromatic carbocycles. The van der Waals surface area contributed by atoms with Crippen molar-refractivity contribution in [3.8, 4) is 0 Å². The Bertz CT molecular complexity index is 458. The normalized spacial score (nSPS) is 19.1. The van der Waals surface area contributed by atoms with Crippen LogP contribution in [0.5, 0.6) is 0 Å². The molecule has 0 N–H and O–H groups in total. The van der Waals surface area contributed by atoms with Crippen LogP contribution in [0.25, 0.3) is 0 Å². The average molecular weight is 298 g/mol. The Morgan fingerprint density at radius 2 is 2.15 bits per heavy atom. The maximum absolute atomic E-state index is 12.5. The molecule has 1 aliphatic rings. The largest absolute Gasteiger partial charge is 0.376 e. The SMILES string of the molecule is CC(C)N(Cc1ccccc1Cl)C(=O)[C@@H]1COCCO1. The Balaban J connectivity index is 2.10. The van der Waals surface area contributed by atoms with Crippen LogP contribution in [0.1, 0.15) is 19.4 Å². The highest BCUT2D eigenvalue weighted by molar-refractivity contribution is 6.31. The Kier molecular flexibility index (Phi) is 5.40. The molecule has 4 nitrogen and oxygen atoms in total. The first kappa shape index (κ1) is 15.3. The quantitative estimate of drug-likeness (QED) is 0.857. The number of hydrogen-bond acceptors (Lipinski definition) is 3. The minimum Gasteiger partial charge on any atom is -0.376 e. The smallest absolute Gasteiger partial charge is 0.254 e. The van der Waals surface area contributed by atoms with Crippen molar-refractivity contribution in [2.24, 2.45) is 0 Å². The number of amides is 1. The Morgan fingerprint density at radius 1 is 1.40 bits per heavy atom. The molecule has 1 saturated heterocycles. The number of rotatable bonds is 4. The van der Waals surface area contributed by atoms with Crippen LogP contribution < -0.4 is 0 Å². The second-order valence-corrected chi connectivity index (χ2v) is 5.49. The fourth-order valence-electron chi connectivity index (χ4n) is 2.14. The van der Waals surface area contributed by atoms with E-state index < -0.39 is 6.10 Å². The summed E-state index contributed by atoms with van der Waals surface area (Å²) in [5.41, 5.74) is 0.938. The zero-order chi connectivity index (χ0) is 14.5. The molecule has 0 aliphatic carbocycles. The highest BCUT2D eigenvalue weighted by atomic mass is 35.5. The van der Waals surface area contributed by atoms with Crippen LogP contribution in [-0.4, -0.2) is 42.8 Å². The summed E-state index contributed by atoms with van der Waals surface area (Å²) in [5.74, 6) is -0.0420. The highest BCUT2D eigenvalue weighted by Gasteiger charge is 2.29. The molecule has 0 aromatic heterocycles. The van der Waals surface area contributed by atoms with Crippen molar-refractivity contribution in [3.05, 3.63) is 34.9 Å². The van der Waals surface area contributed by atoms with E-state index in [1.807, 2.05) is 38.1 Å². The third-order valence-electron chi connectivity index (χ3n) is 3.30. The van der Waals surface area contributed by atoms with Crippen molar-refractivity contribution in [2.75, 3.05) is 19.8 Å². The summed E-state index contributed by atoms with van der Waals surface area (Å²) in [6, 6.07) is 7.64. The second kappa shape index (κ2) is 7.07. The number of nitrogens with zero attached hydrogens (tertiary/aromatic N) is 1. The van der Waals surface area contributed by atoms with Crippen LogP contribution in [0, 0.1) is 0 Å². The van der Waals surface area contributed by atoms with Crippen LogP contribution in [0.15, 0.2) is 24.3 Å². The van der Waals surface area contributed by atoms with E-state index in [0.29, 0.717) is 31.4 Å². The van der Waals surface area contributed by atoms with Gasteiger partial charge in [-0.2, -0.15) is 0 Å². The Labute approximate surface area is 124 Å². The van der Waals surface area contributed by atoms with E-state index in [1.54, 1.807) is 4.90 Å². The number of carbonyl (C=O) groups excluding carboxylic acids is 1. The standard InChI is InChI=1S/C15H20ClNO3/c1-11(2)17(9-12-5-3-4-6-13(12)16)15(18)14-10-19-7-8-20-14/h3-6,11,14H,7-10H2,1-2H3/t14-/m0/s1. The van der Waals surface area contributed by atoms with Gasteiger partial charge in [-0.25, -0.2) is 0 Å². The van der Waals surface area contributed by atoms with Gasteiger partial charge in [0.1, 0.15) is 0 Å². The van der Waals surface area contributed by atoms with Crippen LogP contribution in [-0.2, 0) is 20.8 Å². The third-order valence-corrected chi connectivity index (χ3v) is 3.67. The maximum Gasteiger partial charge on any atom is 0.254 e. The van der Waals surface area contributed by atoms with Crippen LogP contribution in [0.3, 0.4) is 0 Å². The topological polar surface area (TPSA) is 38.8 Å². The predicted molar refractivity (Wildman–Crippen MR) is 77.7 cm³/mol. The zero-order valence-corrected chi connectivity index (χ0v) is 12.6. The monoisotopic (exact) mass is 297 g/mol. The fourth-order valence-corrected chi connectivity index (χ4v) is 2.34. The molecule has 0 unspecified atom stereocenters. The summed E-state index contributed by atoms with van der Waals surface area (Å²) in [6.07, 6.45) is -0.506. The van der Waals surface area contributed by atoms with Gasteiger partial charge < -0.3 is 14.4 Å². The van der Waals surface area contributed by atoms with Gasteiger partial charge in [0, 0.05) is 17.6 Å². The third kappa shape index (κ3) is 3.72. The molecule has 110 valence electrons. The summed E-state index contributed by atoms with van der Waals surface area (Å²) in [4.78, 5) is 14.3. The van der Waals surface area contributed by atoms with Crippen LogP contribution in [0.2, 0.25) is 5.02 Å². The van der Waals surface area contributed by atoms with Crippen molar-refractivity contribution in [2.45, 2.75) is 32.5 Å². The molecule has 1 atom stereocenters. The lowest BCUT2D eigenvalue weighted by Crippen LogP contribution is -2.47. The molecule has 20 heavy (non-hydrogen) atoms. The van der Waals surface area contributed by atoms with E-state index in [0.717, 1.165) is 5.56 Å². The molecular weight excluding hydrogens is 278 g/mol. The molecule has 1 aromatic rings. The number of hydrogen-bond donors (Lipinski definition) is 0. The van der Waals surface area contributed by atoms with Crippen LogP contribution in [0.4, 0.5) is 0 Å². The molecule has 5 heteroatoms. The molecule has 1 heterocycles. The summed E-state index contributed by atoms with van der Waals surface area (Å²) in [7, 11) is 0. The van der Waals surface area contributed by atoms with Gasteiger partial charge in [0.05, 0.1) is 19.8 Å². The van der Waals surface area contributed by atoms with Crippen molar-refractivity contribution in [1.29, 1.82) is 0 Å². The molecule has 0 saturated carbocycles. The van der Waals surface area contributed by atoms with Gasteiger partial charge in [0.25, 0.3) is 5.91 Å². The lowest BCUT2D eigenvalue weighted by molar-refractivity contribution is -0.160. The summed E-state index contributed by atoms with van der Waals surface area (Å²) in [5, 5.41) is 0.673. The van der Waals surface area contributed by atoms with E-state index in [2.05, 4.69) is 0 Å². The van der Waals surface area contributed by atoms with Crippen molar-refractivity contribution < 1.29 is 14.3 Å². The number of carbonyl (C=O) groups is 1. The Morgan fingerprint density at radius 3 is 2.75 bits per heavy atom. The number of benzene rings is 1. The minimum absolute atomic E-state index is 0.0420. The molecule has 1 amide bonds. The number of halogens is 1. The molecule has 0 spiro atoms. The molecular formula is C15H20ClNO3. The summed E-state index contributed by atoms with van der Waals surface area (Å²) in [6.45, 7) is 5.79. The van der Waals surface area contributed by atoms with Gasteiger partial charge in [-0.3, -0.25) is 4.79 Å². The lowest BCUT2D eigenvalue weighted by atomic mass is 10.1. The first-order valence-corrected chi connectivity index (χ1v) is 7.20. The van der Waals surface area contributed by atoms with Gasteiger partial charge in [-0.05, 0) is 25.5 Å². The highest BCUT2D eigenvalue weighted by Crippen LogP contribution is 2.19. The lowest BCUT2D eigenvalue weighted by Gasteiger charge is -2.32. The van der Waals surface area contributed by atoms with Crippen molar-refractivity contribution in [3.63, 3.8) is 0 Å². The van der Waals surface area contributed by atoms with E-state index in [9.17, 15) is 4.79 Å². The summed E-state index contributed by atoms with van der Waals surface area (Å²) >= 11 is 6.17. The molecule has 0 radical (unpaired) electrons. The molecule has 2 rings (SSSR count). The Hall–Kier alpha value is -1.10. The van der Waals surface area contributed by atoms with Gasteiger partial charge in [-0.15, -0.1) is 0 Å². The second-order valence-electron chi connectivity index (χ2n) is 5.09. The van der Waals surface area contributed by atoms with Crippen molar-refractivity contribution >= 4 is 17.5 Å². The number of ether oxygens (including phenoxy) is 2. The van der Waals surface area contributed by atoms with Gasteiger partial charge >= 0.3 is 0 Å². The van der Waals surface area contributed by atoms with Gasteiger partial charge in [0.2, 0.25) is 0 Å². The zero-order valence-electron chi connectivity index (χ0n) is 11.8. The fraction of sp³-hybridized carbons (Fsp3) is 0.533. The van der Waals surface area contributed by atoms with E-state index in [-0.39, 0.29) is 11.9 Å². The van der Waals surface area contributed by atoms with E-state index in [1.165, 1.54) is 0 Å². The molecule has 1 aliphatic heterocycles. The first-order chi connectivity index (χ1) is 9.59. The van der Waals surface area contributed by atoms with E-state index in [4.69, 9.17) is 21.1 Å². The van der Waals surface area contributed by atoms with E-state index >= 15 is 0 Å². The maximum atomic E-state index is 12.5. The minimum atomic E-state index is -0.506. The molecule has 0 bridgehead atoms. The van der Waals surface area contributed by atoms with Gasteiger partial charge in [0.15, 0.2) is 6.10 Å².